The summed E-state index contributed by atoms with van der Waals surface area (Å²) in [6.45, 7) is 4.47. The van der Waals surface area contributed by atoms with Crippen LogP contribution in [0, 0.1) is 5.92 Å². The molecular weight excluding hydrogens is 182 g/mol. The number of ether oxygens (including phenoxy) is 2. The maximum absolute atomic E-state index is 11.6. The molecule has 0 aliphatic carbocycles. The average molecular weight is 201 g/mol. The summed E-state index contributed by atoms with van der Waals surface area (Å²) < 4.78 is 10.4. The van der Waals surface area contributed by atoms with Crippen LogP contribution in [0.25, 0.3) is 0 Å². The van der Waals surface area contributed by atoms with Crippen molar-refractivity contribution in [3.8, 4) is 0 Å². The van der Waals surface area contributed by atoms with Gasteiger partial charge in [0.2, 0.25) is 0 Å². The number of methoxy groups -OCH3 is 1. The third kappa shape index (κ3) is 1.64. The summed E-state index contributed by atoms with van der Waals surface area (Å²) in [5.74, 6) is -0.568. The molecule has 1 aliphatic heterocycles. The van der Waals surface area contributed by atoms with Gasteiger partial charge < -0.3 is 15.2 Å². The molecule has 0 aromatic heterocycles. The van der Waals surface area contributed by atoms with Crippen molar-refractivity contribution in [1.82, 2.24) is 0 Å². The minimum Gasteiger partial charge on any atom is -0.469 e. The average Bonchev–Trinajstić information content (AvgIpc) is 2.55. The second-order valence-corrected chi connectivity index (χ2v) is 3.75. The Morgan fingerprint density at radius 3 is 2.57 bits per heavy atom. The molecule has 1 aliphatic rings. The van der Waals surface area contributed by atoms with E-state index in [1.54, 1.807) is 0 Å². The van der Waals surface area contributed by atoms with Crippen molar-refractivity contribution in [1.29, 1.82) is 0 Å². The molecule has 82 valence electrons. The van der Waals surface area contributed by atoms with Crippen LogP contribution in [0.3, 0.4) is 0 Å². The Bertz CT molecular complexity index is 213. The first-order valence-corrected chi connectivity index (χ1v) is 5.08. The molecule has 2 atom stereocenters. The van der Waals surface area contributed by atoms with Gasteiger partial charge in [-0.25, -0.2) is 0 Å². The number of hydrogen-bond donors (Lipinski definition) is 1. The van der Waals surface area contributed by atoms with E-state index in [0.29, 0.717) is 6.61 Å². The molecule has 0 bridgehead atoms. The Morgan fingerprint density at radius 1 is 1.57 bits per heavy atom. The molecule has 1 saturated heterocycles. The first kappa shape index (κ1) is 11.5. The summed E-state index contributed by atoms with van der Waals surface area (Å²) in [6, 6.07) is -0.234. The Labute approximate surface area is 84.7 Å². The molecule has 4 nitrogen and oxygen atoms in total. The van der Waals surface area contributed by atoms with E-state index in [-0.39, 0.29) is 17.9 Å². The van der Waals surface area contributed by atoms with Crippen LogP contribution in [0.2, 0.25) is 0 Å². The van der Waals surface area contributed by atoms with Crippen molar-refractivity contribution >= 4 is 5.97 Å². The molecular formula is C10H19NO3. The van der Waals surface area contributed by atoms with Gasteiger partial charge in [0, 0.05) is 6.04 Å². The topological polar surface area (TPSA) is 61.5 Å². The van der Waals surface area contributed by atoms with Crippen molar-refractivity contribution in [2.75, 3.05) is 13.7 Å². The Kier molecular flexibility index (Phi) is 3.50. The Hall–Kier alpha value is -0.610. The van der Waals surface area contributed by atoms with E-state index < -0.39 is 5.60 Å². The second kappa shape index (κ2) is 4.28. The molecule has 0 aromatic rings. The first-order valence-electron chi connectivity index (χ1n) is 5.08. The van der Waals surface area contributed by atoms with Gasteiger partial charge in [0.05, 0.1) is 19.3 Å². The number of esters is 1. The van der Waals surface area contributed by atoms with Crippen molar-refractivity contribution in [3.05, 3.63) is 0 Å². The van der Waals surface area contributed by atoms with Gasteiger partial charge >= 0.3 is 5.97 Å². The van der Waals surface area contributed by atoms with Gasteiger partial charge in [-0.1, -0.05) is 13.8 Å². The third-order valence-electron chi connectivity index (χ3n) is 3.21. The summed E-state index contributed by atoms with van der Waals surface area (Å²) in [7, 11) is 1.39. The van der Waals surface area contributed by atoms with Crippen LogP contribution in [-0.2, 0) is 14.3 Å². The molecule has 2 unspecified atom stereocenters. The minimum absolute atomic E-state index is 0.234. The summed E-state index contributed by atoms with van der Waals surface area (Å²) in [5, 5.41) is 0. The zero-order valence-electron chi connectivity index (χ0n) is 9.08. The zero-order chi connectivity index (χ0) is 10.8. The Morgan fingerprint density at radius 2 is 2.14 bits per heavy atom. The highest BCUT2D eigenvalue weighted by atomic mass is 16.5. The number of nitrogens with two attached hydrogens (primary N) is 1. The van der Waals surface area contributed by atoms with E-state index in [4.69, 9.17) is 15.2 Å². The fourth-order valence-electron chi connectivity index (χ4n) is 2.25. The monoisotopic (exact) mass is 201 g/mol. The third-order valence-corrected chi connectivity index (χ3v) is 3.21. The van der Waals surface area contributed by atoms with Crippen molar-refractivity contribution < 1.29 is 14.3 Å². The summed E-state index contributed by atoms with van der Waals surface area (Å²) in [6.07, 6.45) is 1.58. The highest BCUT2D eigenvalue weighted by Gasteiger charge is 2.50. The SMILES string of the molecule is CCC1(CC)OCC(N)C1C(=O)OC. The summed E-state index contributed by atoms with van der Waals surface area (Å²) in [4.78, 5) is 11.6. The van der Waals surface area contributed by atoms with Crippen LogP contribution in [0.4, 0.5) is 0 Å². The molecule has 0 amide bonds. The van der Waals surface area contributed by atoms with Gasteiger partial charge in [0.25, 0.3) is 0 Å². The maximum Gasteiger partial charge on any atom is 0.313 e. The van der Waals surface area contributed by atoms with Crippen LogP contribution in [0.15, 0.2) is 0 Å². The van der Waals surface area contributed by atoms with Crippen molar-refractivity contribution in [2.45, 2.75) is 38.3 Å². The van der Waals surface area contributed by atoms with Crippen LogP contribution >= 0.6 is 0 Å². The smallest absolute Gasteiger partial charge is 0.313 e. The van der Waals surface area contributed by atoms with E-state index in [0.717, 1.165) is 12.8 Å². The van der Waals surface area contributed by atoms with Crippen molar-refractivity contribution in [2.24, 2.45) is 11.7 Å². The molecule has 0 aromatic carbocycles. The first-order chi connectivity index (χ1) is 6.61. The molecule has 2 N–H and O–H groups in total. The minimum atomic E-state index is -0.410. The molecule has 4 heteroatoms. The van der Waals surface area contributed by atoms with E-state index >= 15 is 0 Å². The predicted octanol–water partition coefficient (Wildman–Crippen LogP) is 0.692. The van der Waals surface area contributed by atoms with E-state index in [1.807, 2.05) is 13.8 Å². The number of carbonyl (C=O) groups is 1. The standard InChI is InChI=1S/C10H19NO3/c1-4-10(5-2)8(9(12)13-3)7(11)6-14-10/h7-8H,4-6,11H2,1-3H3. The van der Waals surface area contributed by atoms with Gasteiger partial charge in [-0.15, -0.1) is 0 Å². The molecule has 1 fully saturated rings. The fraction of sp³-hybridized carbons (Fsp3) is 0.900. The molecule has 14 heavy (non-hydrogen) atoms. The molecule has 0 radical (unpaired) electrons. The van der Waals surface area contributed by atoms with Gasteiger partial charge in [0.15, 0.2) is 0 Å². The van der Waals surface area contributed by atoms with Crippen LogP contribution in [0.5, 0.6) is 0 Å². The normalized spacial score (nSPS) is 30.3. The lowest BCUT2D eigenvalue weighted by Gasteiger charge is -2.31. The lowest BCUT2D eigenvalue weighted by molar-refractivity contribution is -0.152. The van der Waals surface area contributed by atoms with Crippen molar-refractivity contribution in [3.63, 3.8) is 0 Å². The molecule has 0 spiro atoms. The lowest BCUT2D eigenvalue weighted by Crippen LogP contribution is -2.45. The van der Waals surface area contributed by atoms with Crippen LogP contribution < -0.4 is 5.73 Å². The van der Waals surface area contributed by atoms with Gasteiger partial charge in [-0.3, -0.25) is 4.79 Å². The molecule has 1 rings (SSSR count). The molecule has 0 saturated carbocycles. The van der Waals surface area contributed by atoms with Gasteiger partial charge in [-0.2, -0.15) is 0 Å². The second-order valence-electron chi connectivity index (χ2n) is 3.75. The van der Waals surface area contributed by atoms with E-state index in [2.05, 4.69) is 0 Å². The fourth-order valence-corrected chi connectivity index (χ4v) is 2.25. The number of rotatable bonds is 3. The Balaban J connectivity index is 2.90. The largest absolute Gasteiger partial charge is 0.469 e. The lowest BCUT2D eigenvalue weighted by atomic mass is 9.81. The highest BCUT2D eigenvalue weighted by molar-refractivity contribution is 5.75. The van der Waals surface area contributed by atoms with E-state index in [9.17, 15) is 4.79 Å². The van der Waals surface area contributed by atoms with Crippen LogP contribution in [-0.4, -0.2) is 31.3 Å². The number of carbonyl (C=O) groups excluding carboxylic acids is 1. The zero-order valence-corrected chi connectivity index (χ0v) is 9.08. The molecule has 1 heterocycles. The highest BCUT2D eigenvalue weighted by Crippen LogP contribution is 2.37. The van der Waals surface area contributed by atoms with Gasteiger partial charge in [0.1, 0.15) is 5.92 Å². The van der Waals surface area contributed by atoms with E-state index in [1.165, 1.54) is 7.11 Å². The summed E-state index contributed by atoms with van der Waals surface area (Å²) in [5.41, 5.74) is 5.45. The van der Waals surface area contributed by atoms with Crippen LogP contribution in [0.1, 0.15) is 26.7 Å². The predicted molar refractivity (Wildman–Crippen MR) is 52.7 cm³/mol. The van der Waals surface area contributed by atoms with Gasteiger partial charge in [-0.05, 0) is 12.8 Å². The summed E-state index contributed by atoms with van der Waals surface area (Å²) >= 11 is 0. The number of hydrogen-bond acceptors (Lipinski definition) is 4. The quantitative estimate of drug-likeness (QED) is 0.682. The maximum atomic E-state index is 11.6.